The molecule has 0 radical (unpaired) electrons. The molecule has 2 heterocycles. The monoisotopic (exact) mass is 550 g/mol. The van der Waals surface area contributed by atoms with Gasteiger partial charge in [0, 0.05) is 5.56 Å². The molecule has 4 rings (SSSR count). The van der Waals surface area contributed by atoms with E-state index in [4.69, 9.17) is 14.2 Å². The van der Waals surface area contributed by atoms with Crippen molar-refractivity contribution in [2.75, 3.05) is 25.2 Å². The van der Waals surface area contributed by atoms with Gasteiger partial charge in [0.25, 0.3) is 5.78 Å². The lowest BCUT2D eigenvalue weighted by molar-refractivity contribution is -0.132. The number of esters is 1. The summed E-state index contributed by atoms with van der Waals surface area (Å²) in [6.07, 6.45) is 0.802. The van der Waals surface area contributed by atoms with Crippen LogP contribution >= 0.6 is 11.3 Å². The number of amides is 1. The standard InChI is InChI=1S/C29H30N2O7S/c1-6-14-38-20-13-12-19(15-21(20)37-7-2)23-22(24(32)18-10-8-16(3)9-11-18)25(33)27(34)31(23)29-30-17(4)26(39-29)28(35)36-5/h8-13,15,23,32H,6-7,14H2,1-5H3. The fraction of sp³-hybridized carbons (Fsp3) is 0.310. The van der Waals surface area contributed by atoms with E-state index in [1.165, 1.54) is 12.0 Å². The number of hydrogen-bond acceptors (Lipinski definition) is 9. The maximum atomic E-state index is 13.5. The molecular weight excluding hydrogens is 520 g/mol. The maximum absolute atomic E-state index is 13.5. The van der Waals surface area contributed by atoms with Crippen LogP contribution in [0.15, 0.2) is 48.0 Å². The number of nitrogens with zero attached hydrogens (tertiary/aromatic N) is 2. The molecule has 1 aliphatic heterocycles. The number of methoxy groups -OCH3 is 1. The smallest absolute Gasteiger partial charge is 0.350 e. The second kappa shape index (κ2) is 11.7. The predicted octanol–water partition coefficient (Wildman–Crippen LogP) is 5.36. The van der Waals surface area contributed by atoms with Gasteiger partial charge in [-0.1, -0.05) is 54.2 Å². The van der Waals surface area contributed by atoms with Crippen LogP contribution in [0.4, 0.5) is 5.13 Å². The largest absolute Gasteiger partial charge is 0.507 e. The quantitative estimate of drug-likeness (QED) is 0.164. The van der Waals surface area contributed by atoms with E-state index in [-0.39, 0.29) is 21.3 Å². The first kappa shape index (κ1) is 27.8. The number of aryl methyl sites for hydroxylation is 2. The summed E-state index contributed by atoms with van der Waals surface area (Å²) in [5.41, 5.74) is 2.13. The molecular formula is C29H30N2O7S. The van der Waals surface area contributed by atoms with Crippen molar-refractivity contribution in [1.82, 2.24) is 4.98 Å². The average Bonchev–Trinajstić information content (AvgIpc) is 3.44. The molecule has 1 atom stereocenters. The van der Waals surface area contributed by atoms with E-state index in [0.717, 1.165) is 23.3 Å². The number of Topliss-reactive ketones (excluding diaryl/α,β-unsaturated/α-hetero) is 1. The Balaban J connectivity index is 1.94. The fourth-order valence-corrected chi connectivity index (χ4v) is 5.29. The molecule has 2 aromatic carbocycles. The Morgan fingerprint density at radius 2 is 1.77 bits per heavy atom. The Bertz CT molecular complexity index is 1440. The molecule has 10 heteroatoms. The van der Waals surface area contributed by atoms with E-state index in [9.17, 15) is 19.5 Å². The van der Waals surface area contributed by atoms with Crippen molar-refractivity contribution < 1.29 is 33.7 Å². The highest BCUT2D eigenvalue weighted by atomic mass is 32.1. The van der Waals surface area contributed by atoms with Gasteiger partial charge in [0.2, 0.25) is 0 Å². The third-order valence-electron chi connectivity index (χ3n) is 6.18. The lowest BCUT2D eigenvalue weighted by Gasteiger charge is -2.24. The van der Waals surface area contributed by atoms with Crippen LogP contribution in [0.2, 0.25) is 0 Å². The summed E-state index contributed by atoms with van der Waals surface area (Å²) < 4.78 is 16.5. The lowest BCUT2D eigenvalue weighted by atomic mass is 9.95. The second-order valence-corrected chi connectivity index (χ2v) is 9.90. The summed E-state index contributed by atoms with van der Waals surface area (Å²) in [4.78, 5) is 45.1. The zero-order chi connectivity index (χ0) is 28.3. The van der Waals surface area contributed by atoms with E-state index in [1.54, 1.807) is 49.4 Å². The number of benzene rings is 2. The molecule has 1 N–H and O–H groups in total. The minimum absolute atomic E-state index is 0.0963. The van der Waals surface area contributed by atoms with Gasteiger partial charge in [-0.05, 0) is 44.9 Å². The van der Waals surface area contributed by atoms with Crippen LogP contribution in [0.3, 0.4) is 0 Å². The number of carbonyl (C=O) groups is 3. The second-order valence-electron chi connectivity index (χ2n) is 8.93. The third-order valence-corrected chi connectivity index (χ3v) is 7.31. The van der Waals surface area contributed by atoms with Gasteiger partial charge in [0.15, 0.2) is 16.6 Å². The van der Waals surface area contributed by atoms with Crippen LogP contribution < -0.4 is 14.4 Å². The first-order chi connectivity index (χ1) is 18.7. The molecule has 39 heavy (non-hydrogen) atoms. The number of anilines is 1. The number of carbonyl (C=O) groups excluding carboxylic acids is 3. The molecule has 1 saturated heterocycles. The third kappa shape index (κ3) is 5.37. The predicted molar refractivity (Wildman–Crippen MR) is 148 cm³/mol. The molecule has 204 valence electrons. The normalized spacial score (nSPS) is 16.4. The van der Waals surface area contributed by atoms with Crippen molar-refractivity contribution in [3.63, 3.8) is 0 Å². The number of aliphatic hydroxyl groups excluding tert-OH is 1. The molecule has 0 bridgehead atoms. The summed E-state index contributed by atoms with van der Waals surface area (Å²) in [5, 5.41) is 11.5. The number of thiazole rings is 1. The molecule has 1 fully saturated rings. The van der Waals surface area contributed by atoms with Crippen LogP contribution in [-0.4, -0.2) is 48.1 Å². The van der Waals surface area contributed by atoms with Crippen LogP contribution in [-0.2, 0) is 14.3 Å². The van der Waals surface area contributed by atoms with Crippen molar-refractivity contribution >= 4 is 39.9 Å². The average molecular weight is 551 g/mol. The van der Waals surface area contributed by atoms with E-state index in [0.29, 0.717) is 41.5 Å². The topological polar surface area (TPSA) is 115 Å². The van der Waals surface area contributed by atoms with Crippen LogP contribution in [0.25, 0.3) is 5.76 Å². The van der Waals surface area contributed by atoms with Crippen molar-refractivity contribution in [1.29, 1.82) is 0 Å². The van der Waals surface area contributed by atoms with E-state index >= 15 is 0 Å². The van der Waals surface area contributed by atoms with Crippen molar-refractivity contribution in [2.24, 2.45) is 0 Å². The number of ketones is 1. The van der Waals surface area contributed by atoms with Crippen LogP contribution in [0, 0.1) is 13.8 Å². The van der Waals surface area contributed by atoms with Crippen molar-refractivity contribution in [3.05, 3.63) is 75.3 Å². The first-order valence-electron chi connectivity index (χ1n) is 12.5. The number of rotatable bonds is 9. The zero-order valence-electron chi connectivity index (χ0n) is 22.4. The van der Waals surface area contributed by atoms with Crippen LogP contribution in [0.5, 0.6) is 11.5 Å². The van der Waals surface area contributed by atoms with Crippen molar-refractivity contribution in [3.8, 4) is 11.5 Å². The minimum atomic E-state index is -1.04. The lowest BCUT2D eigenvalue weighted by Crippen LogP contribution is -2.29. The number of aliphatic hydroxyl groups is 1. The van der Waals surface area contributed by atoms with Crippen molar-refractivity contribution in [2.45, 2.75) is 40.2 Å². The molecule has 1 amide bonds. The minimum Gasteiger partial charge on any atom is -0.507 e. The Morgan fingerprint density at radius 3 is 2.41 bits per heavy atom. The van der Waals surface area contributed by atoms with E-state index in [2.05, 4.69) is 4.98 Å². The Labute approximate surface area is 230 Å². The molecule has 1 unspecified atom stereocenters. The highest BCUT2D eigenvalue weighted by molar-refractivity contribution is 7.17. The van der Waals surface area contributed by atoms with Gasteiger partial charge in [-0.15, -0.1) is 0 Å². The van der Waals surface area contributed by atoms with Gasteiger partial charge in [0.1, 0.15) is 10.6 Å². The number of hydrogen-bond donors (Lipinski definition) is 1. The highest BCUT2D eigenvalue weighted by Crippen LogP contribution is 2.45. The zero-order valence-corrected chi connectivity index (χ0v) is 23.3. The maximum Gasteiger partial charge on any atom is 0.350 e. The highest BCUT2D eigenvalue weighted by Gasteiger charge is 2.48. The van der Waals surface area contributed by atoms with Gasteiger partial charge in [-0.2, -0.15) is 0 Å². The summed E-state index contributed by atoms with van der Waals surface area (Å²) in [6.45, 7) is 8.21. The molecule has 1 aliphatic rings. The van der Waals surface area contributed by atoms with Gasteiger partial charge < -0.3 is 19.3 Å². The SMILES string of the molecule is CCCOc1ccc(C2C(=C(O)c3ccc(C)cc3)C(=O)C(=O)N2c2nc(C)c(C(=O)OC)s2)cc1OCC. The van der Waals surface area contributed by atoms with Crippen LogP contribution in [0.1, 0.15) is 58.4 Å². The molecule has 0 saturated carbocycles. The molecule has 0 spiro atoms. The summed E-state index contributed by atoms with van der Waals surface area (Å²) in [7, 11) is 1.26. The van der Waals surface area contributed by atoms with E-state index < -0.39 is 23.7 Å². The van der Waals surface area contributed by atoms with Gasteiger partial charge >= 0.3 is 11.9 Å². The Kier molecular flexibility index (Phi) is 8.35. The first-order valence-corrected chi connectivity index (χ1v) is 13.4. The molecule has 0 aliphatic carbocycles. The van der Waals surface area contributed by atoms with Gasteiger partial charge in [-0.3, -0.25) is 14.5 Å². The van der Waals surface area contributed by atoms with Gasteiger partial charge in [0.05, 0.1) is 37.6 Å². The Morgan fingerprint density at radius 1 is 1.05 bits per heavy atom. The number of ether oxygens (including phenoxy) is 3. The molecule has 9 nitrogen and oxygen atoms in total. The van der Waals surface area contributed by atoms with Gasteiger partial charge in [-0.25, -0.2) is 9.78 Å². The molecule has 1 aromatic heterocycles. The van der Waals surface area contributed by atoms with E-state index in [1.807, 2.05) is 20.8 Å². The summed E-state index contributed by atoms with van der Waals surface area (Å²) in [5.74, 6) is -1.68. The summed E-state index contributed by atoms with van der Waals surface area (Å²) in [6, 6.07) is 11.1. The Hall–Kier alpha value is -4.18. The summed E-state index contributed by atoms with van der Waals surface area (Å²) >= 11 is 0.941. The number of aromatic nitrogens is 1. The fourth-order valence-electron chi connectivity index (χ4n) is 4.27. The molecule has 3 aromatic rings.